The van der Waals surface area contributed by atoms with Gasteiger partial charge in [-0.25, -0.2) is 9.67 Å². The van der Waals surface area contributed by atoms with Crippen LogP contribution in [0.2, 0.25) is 0 Å². The van der Waals surface area contributed by atoms with E-state index in [-0.39, 0.29) is 0 Å². The fraction of sp³-hybridized carbons (Fsp3) is 0.214. The molecule has 5 nitrogen and oxygen atoms in total. The molecule has 0 saturated carbocycles. The van der Waals surface area contributed by atoms with Crippen molar-refractivity contribution in [3.05, 3.63) is 36.3 Å². The van der Waals surface area contributed by atoms with E-state index in [9.17, 15) is 0 Å². The number of pyridine rings is 2. The Morgan fingerprint density at radius 2 is 2.00 bits per heavy atom. The third-order valence-corrected chi connectivity index (χ3v) is 3.25. The van der Waals surface area contributed by atoms with Crippen LogP contribution in [-0.2, 0) is 13.5 Å². The molecule has 3 heterocycles. The number of aryl methyl sites for hydroxylation is 2. The van der Waals surface area contributed by atoms with Crippen LogP contribution in [0, 0.1) is 0 Å². The number of nitrogens with two attached hydrogens (primary N) is 1. The molecule has 0 spiro atoms. The molecule has 0 amide bonds. The predicted octanol–water partition coefficient (Wildman–Crippen LogP) is 2.17. The Labute approximate surface area is 111 Å². The fourth-order valence-electron chi connectivity index (χ4n) is 2.29. The molecule has 0 bridgehead atoms. The highest BCUT2D eigenvalue weighted by molar-refractivity contribution is 5.90. The average molecular weight is 253 g/mol. The largest absolute Gasteiger partial charge is 0.382 e. The number of hydrogen-bond acceptors (Lipinski definition) is 4. The SMILES string of the molecule is CCc1nc2c(cc1-c1ccncc1)c(N)nn2C. The van der Waals surface area contributed by atoms with Gasteiger partial charge in [0, 0.05) is 25.0 Å². The van der Waals surface area contributed by atoms with Gasteiger partial charge in [-0.1, -0.05) is 6.92 Å². The van der Waals surface area contributed by atoms with Gasteiger partial charge < -0.3 is 5.73 Å². The molecule has 0 fully saturated rings. The predicted molar refractivity (Wildman–Crippen MR) is 75.5 cm³/mol. The third kappa shape index (κ3) is 1.83. The summed E-state index contributed by atoms with van der Waals surface area (Å²) in [5.41, 5.74) is 10.00. The van der Waals surface area contributed by atoms with E-state index in [1.165, 1.54) is 0 Å². The third-order valence-electron chi connectivity index (χ3n) is 3.25. The smallest absolute Gasteiger partial charge is 0.160 e. The van der Waals surface area contributed by atoms with Crippen LogP contribution in [0.1, 0.15) is 12.6 Å². The van der Waals surface area contributed by atoms with Crippen LogP contribution in [-0.4, -0.2) is 19.7 Å². The molecule has 0 aliphatic heterocycles. The minimum Gasteiger partial charge on any atom is -0.382 e. The zero-order valence-corrected chi connectivity index (χ0v) is 11.0. The van der Waals surface area contributed by atoms with Gasteiger partial charge in [0.25, 0.3) is 0 Å². The minimum atomic E-state index is 0.517. The van der Waals surface area contributed by atoms with E-state index in [1.807, 2.05) is 19.2 Å². The number of nitrogen functional groups attached to an aromatic ring is 1. The Hall–Kier alpha value is -2.43. The van der Waals surface area contributed by atoms with Crippen LogP contribution in [0.15, 0.2) is 30.6 Å². The lowest BCUT2D eigenvalue weighted by Gasteiger charge is -2.08. The molecular weight excluding hydrogens is 238 g/mol. The van der Waals surface area contributed by atoms with E-state index in [0.29, 0.717) is 5.82 Å². The maximum Gasteiger partial charge on any atom is 0.160 e. The average Bonchev–Trinajstić information content (AvgIpc) is 2.73. The van der Waals surface area contributed by atoms with Crippen molar-refractivity contribution < 1.29 is 0 Å². The number of aromatic nitrogens is 4. The van der Waals surface area contributed by atoms with Gasteiger partial charge in [0.05, 0.1) is 11.1 Å². The molecule has 0 unspecified atom stereocenters. The first-order chi connectivity index (χ1) is 9.20. The van der Waals surface area contributed by atoms with Crippen LogP contribution in [0.5, 0.6) is 0 Å². The Morgan fingerprint density at radius 1 is 1.26 bits per heavy atom. The molecule has 3 aromatic heterocycles. The van der Waals surface area contributed by atoms with Crippen LogP contribution in [0.3, 0.4) is 0 Å². The van der Waals surface area contributed by atoms with Gasteiger partial charge in [0.2, 0.25) is 0 Å². The summed E-state index contributed by atoms with van der Waals surface area (Å²) in [6, 6.07) is 6.03. The second kappa shape index (κ2) is 4.35. The molecule has 0 saturated heterocycles. The summed E-state index contributed by atoms with van der Waals surface area (Å²) in [5.74, 6) is 0.517. The van der Waals surface area contributed by atoms with Gasteiger partial charge in [-0.2, -0.15) is 5.10 Å². The van der Waals surface area contributed by atoms with Crippen LogP contribution in [0.25, 0.3) is 22.2 Å². The van der Waals surface area contributed by atoms with Crippen molar-refractivity contribution in [1.82, 2.24) is 19.7 Å². The van der Waals surface area contributed by atoms with Crippen molar-refractivity contribution in [1.29, 1.82) is 0 Å². The highest BCUT2D eigenvalue weighted by Gasteiger charge is 2.13. The molecule has 0 atom stereocenters. The summed E-state index contributed by atoms with van der Waals surface area (Å²) in [6.07, 6.45) is 4.43. The monoisotopic (exact) mass is 253 g/mol. The maximum absolute atomic E-state index is 5.93. The molecule has 0 aromatic carbocycles. The molecule has 19 heavy (non-hydrogen) atoms. The highest BCUT2D eigenvalue weighted by atomic mass is 15.3. The normalized spacial score (nSPS) is 11.1. The zero-order chi connectivity index (χ0) is 13.4. The summed E-state index contributed by atoms with van der Waals surface area (Å²) < 4.78 is 1.72. The Kier molecular flexibility index (Phi) is 2.67. The molecule has 0 aliphatic rings. The molecule has 0 aliphatic carbocycles. The maximum atomic E-state index is 5.93. The molecular formula is C14H15N5. The molecule has 2 N–H and O–H groups in total. The van der Waals surface area contributed by atoms with Crippen molar-refractivity contribution in [3.8, 4) is 11.1 Å². The Morgan fingerprint density at radius 3 is 2.68 bits per heavy atom. The summed E-state index contributed by atoms with van der Waals surface area (Å²) in [5, 5.41) is 5.11. The first-order valence-corrected chi connectivity index (χ1v) is 6.23. The van der Waals surface area contributed by atoms with Crippen molar-refractivity contribution in [2.24, 2.45) is 7.05 Å². The van der Waals surface area contributed by atoms with E-state index in [1.54, 1.807) is 17.1 Å². The number of anilines is 1. The first-order valence-electron chi connectivity index (χ1n) is 6.23. The second-order valence-corrected chi connectivity index (χ2v) is 4.45. The first kappa shape index (κ1) is 11.6. The number of hydrogen-bond donors (Lipinski definition) is 1. The molecule has 5 heteroatoms. The summed E-state index contributed by atoms with van der Waals surface area (Å²) in [7, 11) is 1.86. The van der Waals surface area contributed by atoms with E-state index in [2.05, 4.69) is 23.1 Å². The number of nitrogens with zero attached hydrogens (tertiary/aromatic N) is 4. The lowest BCUT2D eigenvalue weighted by Crippen LogP contribution is -1.97. The van der Waals surface area contributed by atoms with Crippen molar-refractivity contribution in [2.45, 2.75) is 13.3 Å². The van der Waals surface area contributed by atoms with Crippen molar-refractivity contribution in [2.75, 3.05) is 5.73 Å². The van der Waals surface area contributed by atoms with Gasteiger partial charge in [-0.3, -0.25) is 4.98 Å². The number of rotatable bonds is 2. The van der Waals surface area contributed by atoms with E-state index in [0.717, 1.165) is 34.3 Å². The lowest BCUT2D eigenvalue weighted by molar-refractivity contribution is 0.788. The summed E-state index contributed by atoms with van der Waals surface area (Å²) in [4.78, 5) is 8.74. The topological polar surface area (TPSA) is 69.6 Å². The fourth-order valence-corrected chi connectivity index (χ4v) is 2.29. The van der Waals surface area contributed by atoms with Gasteiger partial charge in [0.1, 0.15) is 0 Å². The van der Waals surface area contributed by atoms with Gasteiger partial charge in [0.15, 0.2) is 11.5 Å². The summed E-state index contributed by atoms with van der Waals surface area (Å²) >= 11 is 0. The zero-order valence-electron chi connectivity index (χ0n) is 11.0. The van der Waals surface area contributed by atoms with Crippen molar-refractivity contribution in [3.63, 3.8) is 0 Å². The Bertz CT molecular complexity index is 730. The minimum absolute atomic E-state index is 0.517. The van der Waals surface area contributed by atoms with Crippen LogP contribution >= 0.6 is 0 Å². The van der Waals surface area contributed by atoms with Crippen LogP contribution in [0.4, 0.5) is 5.82 Å². The van der Waals surface area contributed by atoms with Gasteiger partial charge >= 0.3 is 0 Å². The van der Waals surface area contributed by atoms with E-state index >= 15 is 0 Å². The van der Waals surface area contributed by atoms with E-state index in [4.69, 9.17) is 10.7 Å². The molecule has 0 radical (unpaired) electrons. The number of fused-ring (bicyclic) bond motifs is 1. The Balaban J connectivity index is 2.32. The summed E-state index contributed by atoms with van der Waals surface area (Å²) in [6.45, 7) is 2.10. The standard InChI is InChI=1S/C14H15N5/c1-3-12-10(9-4-6-16-7-5-9)8-11-13(15)18-19(2)14(11)17-12/h4-8H,3H2,1-2H3,(H2,15,18). The molecule has 96 valence electrons. The van der Waals surface area contributed by atoms with Crippen molar-refractivity contribution >= 4 is 16.9 Å². The quantitative estimate of drug-likeness (QED) is 0.760. The second-order valence-electron chi connectivity index (χ2n) is 4.45. The van der Waals surface area contributed by atoms with Crippen LogP contribution < -0.4 is 5.73 Å². The molecule has 3 rings (SSSR count). The van der Waals surface area contributed by atoms with Gasteiger partial charge in [-0.05, 0) is 30.2 Å². The van der Waals surface area contributed by atoms with Gasteiger partial charge in [-0.15, -0.1) is 0 Å². The van der Waals surface area contributed by atoms with E-state index < -0.39 is 0 Å². The lowest BCUT2D eigenvalue weighted by atomic mass is 10.0. The highest BCUT2D eigenvalue weighted by Crippen LogP contribution is 2.28. The molecule has 3 aromatic rings.